The Morgan fingerprint density at radius 1 is 1.42 bits per heavy atom. The van der Waals surface area contributed by atoms with Crippen LogP contribution in [0.15, 0.2) is 41.9 Å². The number of pyridine rings is 1. The Hall–Kier alpha value is -2.25. The first-order valence-electron chi connectivity index (χ1n) is 8.55. The van der Waals surface area contributed by atoms with Gasteiger partial charge in [0.15, 0.2) is 5.82 Å². The van der Waals surface area contributed by atoms with Gasteiger partial charge in [0.05, 0.1) is 19.7 Å². The minimum absolute atomic E-state index is 0.0218. The third-order valence-corrected chi connectivity index (χ3v) is 5.49. The van der Waals surface area contributed by atoms with Gasteiger partial charge in [0.25, 0.3) is 5.88 Å². The van der Waals surface area contributed by atoms with Crippen LogP contribution in [0.5, 0.6) is 5.88 Å². The first kappa shape index (κ1) is 17.2. The molecule has 0 unspecified atom stereocenters. The predicted octanol–water partition coefficient (Wildman–Crippen LogP) is 3.13. The normalized spacial score (nSPS) is 21.7. The lowest BCUT2D eigenvalue weighted by Gasteiger charge is -2.52. The number of hydrogen-bond acceptors (Lipinski definition) is 5. The van der Waals surface area contributed by atoms with Crippen molar-refractivity contribution >= 4 is 23.3 Å². The Labute approximate surface area is 155 Å². The molecule has 2 fully saturated rings. The van der Waals surface area contributed by atoms with Crippen LogP contribution in [0.3, 0.4) is 0 Å². The van der Waals surface area contributed by atoms with E-state index >= 15 is 0 Å². The fourth-order valence-corrected chi connectivity index (χ4v) is 3.99. The molecule has 2 aliphatic rings. The van der Waals surface area contributed by atoms with E-state index in [1.54, 1.807) is 22.3 Å². The first-order chi connectivity index (χ1) is 12.6. The Morgan fingerprint density at radius 2 is 2.31 bits per heavy atom. The molecule has 1 amide bonds. The van der Waals surface area contributed by atoms with Crippen molar-refractivity contribution < 1.29 is 18.7 Å². The number of hydrogen-bond donors (Lipinski definition) is 0. The van der Waals surface area contributed by atoms with Crippen molar-refractivity contribution in [3.05, 3.63) is 52.6 Å². The molecule has 0 radical (unpaired) electrons. The van der Waals surface area contributed by atoms with Crippen LogP contribution in [0.1, 0.15) is 17.7 Å². The van der Waals surface area contributed by atoms with Crippen LogP contribution >= 0.6 is 11.3 Å². The van der Waals surface area contributed by atoms with Gasteiger partial charge in [0.2, 0.25) is 5.91 Å². The highest BCUT2D eigenvalue weighted by Gasteiger charge is 2.49. The number of thiophene rings is 1. The van der Waals surface area contributed by atoms with Gasteiger partial charge in [-0.05, 0) is 29.7 Å². The standard InChI is InChI=1S/C19H19FN2O3S/c20-16-4-1-8-21-18(16)25-14-7-9-24-19(11-14)12-22(13-19)17(23)6-5-15-3-2-10-26-15/h1-6,8,10,14H,7,9,11-13H2/b6-5+/t14-/m1/s1. The Morgan fingerprint density at radius 3 is 3.08 bits per heavy atom. The second-order valence-corrected chi connectivity index (χ2v) is 7.58. The summed E-state index contributed by atoms with van der Waals surface area (Å²) in [4.78, 5) is 19.0. The van der Waals surface area contributed by atoms with E-state index in [0.29, 0.717) is 32.5 Å². The van der Waals surface area contributed by atoms with E-state index in [1.807, 2.05) is 23.6 Å². The molecule has 2 saturated heterocycles. The molecule has 2 aromatic heterocycles. The summed E-state index contributed by atoms with van der Waals surface area (Å²) in [5.74, 6) is -0.454. The zero-order chi connectivity index (χ0) is 18.0. The van der Waals surface area contributed by atoms with Gasteiger partial charge in [-0.2, -0.15) is 0 Å². The number of carbonyl (C=O) groups is 1. The highest BCUT2D eigenvalue weighted by Crippen LogP contribution is 2.36. The third-order valence-electron chi connectivity index (χ3n) is 4.65. The van der Waals surface area contributed by atoms with E-state index in [9.17, 15) is 9.18 Å². The monoisotopic (exact) mass is 374 g/mol. The number of halogens is 1. The molecule has 4 heterocycles. The largest absolute Gasteiger partial charge is 0.472 e. The smallest absolute Gasteiger partial charge is 0.250 e. The maximum atomic E-state index is 13.7. The summed E-state index contributed by atoms with van der Waals surface area (Å²) in [5.41, 5.74) is -0.388. The van der Waals surface area contributed by atoms with Crippen LogP contribution in [0, 0.1) is 5.82 Å². The lowest BCUT2D eigenvalue weighted by atomic mass is 9.84. The van der Waals surface area contributed by atoms with Crippen LogP contribution in [0.4, 0.5) is 4.39 Å². The van der Waals surface area contributed by atoms with Crippen LogP contribution in [-0.2, 0) is 9.53 Å². The molecule has 0 aromatic carbocycles. The molecule has 2 aliphatic heterocycles. The molecular weight excluding hydrogens is 355 g/mol. The van der Waals surface area contributed by atoms with Crippen LogP contribution < -0.4 is 4.74 Å². The second kappa shape index (κ2) is 7.17. The summed E-state index contributed by atoms with van der Waals surface area (Å²) in [7, 11) is 0. The van der Waals surface area contributed by atoms with Crippen molar-refractivity contribution in [3.63, 3.8) is 0 Å². The van der Waals surface area contributed by atoms with Gasteiger partial charge in [0, 0.05) is 30.0 Å². The van der Waals surface area contributed by atoms with Crippen molar-refractivity contribution in [1.29, 1.82) is 0 Å². The molecule has 1 atom stereocenters. The van der Waals surface area contributed by atoms with E-state index in [-0.39, 0.29) is 23.5 Å². The molecule has 136 valence electrons. The number of rotatable bonds is 4. The minimum atomic E-state index is -0.461. The molecule has 4 rings (SSSR count). The molecule has 5 nitrogen and oxygen atoms in total. The van der Waals surface area contributed by atoms with Gasteiger partial charge in [-0.1, -0.05) is 6.07 Å². The molecule has 1 spiro atoms. The van der Waals surface area contributed by atoms with Crippen molar-refractivity contribution in [2.75, 3.05) is 19.7 Å². The topological polar surface area (TPSA) is 51.7 Å². The number of ether oxygens (including phenoxy) is 2. The lowest BCUT2D eigenvalue weighted by Crippen LogP contribution is -2.67. The van der Waals surface area contributed by atoms with E-state index in [0.717, 1.165) is 4.88 Å². The zero-order valence-electron chi connectivity index (χ0n) is 14.1. The van der Waals surface area contributed by atoms with Gasteiger partial charge in [-0.25, -0.2) is 9.37 Å². The predicted molar refractivity (Wildman–Crippen MR) is 96.5 cm³/mol. The lowest BCUT2D eigenvalue weighted by molar-refractivity contribution is -0.190. The third kappa shape index (κ3) is 3.64. The fraction of sp³-hybridized carbons (Fsp3) is 0.368. The number of likely N-dealkylation sites (tertiary alicyclic amines) is 1. The van der Waals surface area contributed by atoms with E-state index < -0.39 is 5.82 Å². The van der Waals surface area contributed by atoms with Crippen molar-refractivity contribution in [2.24, 2.45) is 0 Å². The number of amides is 1. The summed E-state index contributed by atoms with van der Waals surface area (Å²) >= 11 is 1.59. The summed E-state index contributed by atoms with van der Waals surface area (Å²) in [6.07, 6.45) is 6.09. The zero-order valence-corrected chi connectivity index (χ0v) is 15.0. The van der Waals surface area contributed by atoms with Gasteiger partial charge >= 0.3 is 0 Å². The summed E-state index contributed by atoms with van der Waals surface area (Å²) in [6, 6.07) is 6.79. The maximum absolute atomic E-state index is 13.7. The van der Waals surface area contributed by atoms with Crippen LogP contribution in [0.2, 0.25) is 0 Å². The quantitative estimate of drug-likeness (QED) is 0.772. The highest BCUT2D eigenvalue weighted by molar-refractivity contribution is 7.10. The van der Waals surface area contributed by atoms with Gasteiger partial charge in [0.1, 0.15) is 11.7 Å². The first-order valence-corrected chi connectivity index (χ1v) is 9.43. The number of nitrogens with zero attached hydrogens (tertiary/aromatic N) is 2. The van der Waals surface area contributed by atoms with Crippen LogP contribution in [-0.4, -0.2) is 47.2 Å². The Bertz CT molecular complexity index is 803. The SMILES string of the molecule is O=C(/C=C/c1cccs1)N1CC2(C[C@H](Oc3ncccc3F)CCO2)C1. The van der Waals surface area contributed by atoms with E-state index in [2.05, 4.69) is 4.98 Å². The van der Waals surface area contributed by atoms with Crippen molar-refractivity contribution in [2.45, 2.75) is 24.5 Å². The summed E-state index contributed by atoms with van der Waals surface area (Å²) < 4.78 is 25.4. The molecule has 2 aromatic rings. The van der Waals surface area contributed by atoms with Gasteiger partial charge in [-0.15, -0.1) is 11.3 Å². The molecule has 0 saturated carbocycles. The molecular formula is C19H19FN2O3S. The summed E-state index contributed by atoms with van der Waals surface area (Å²) in [6.45, 7) is 1.60. The molecule has 0 bridgehead atoms. The molecule has 26 heavy (non-hydrogen) atoms. The maximum Gasteiger partial charge on any atom is 0.250 e. The van der Waals surface area contributed by atoms with E-state index in [1.165, 1.54) is 18.3 Å². The number of carbonyl (C=O) groups excluding carboxylic acids is 1. The Balaban J connectivity index is 1.33. The van der Waals surface area contributed by atoms with Gasteiger partial charge < -0.3 is 14.4 Å². The number of aromatic nitrogens is 1. The van der Waals surface area contributed by atoms with Crippen LogP contribution in [0.25, 0.3) is 6.08 Å². The van der Waals surface area contributed by atoms with Crippen molar-refractivity contribution in [3.8, 4) is 5.88 Å². The van der Waals surface area contributed by atoms with E-state index in [4.69, 9.17) is 9.47 Å². The average molecular weight is 374 g/mol. The Kier molecular flexibility index (Phi) is 4.74. The molecule has 7 heteroatoms. The molecule has 0 aliphatic carbocycles. The average Bonchev–Trinajstić information content (AvgIpc) is 3.13. The molecule has 0 N–H and O–H groups in total. The minimum Gasteiger partial charge on any atom is -0.472 e. The highest BCUT2D eigenvalue weighted by atomic mass is 32.1. The summed E-state index contributed by atoms with van der Waals surface area (Å²) in [5, 5.41) is 1.98. The second-order valence-electron chi connectivity index (χ2n) is 6.60. The van der Waals surface area contributed by atoms with Gasteiger partial charge in [-0.3, -0.25) is 4.79 Å². The van der Waals surface area contributed by atoms with Crippen molar-refractivity contribution in [1.82, 2.24) is 9.88 Å². The fourth-order valence-electron chi connectivity index (χ4n) is 3.37.